The van der Waals surface area contributed by atoms with Gasteiger partial charge in [-0.1, -0.05) is 25.0 Å². The first-order valence-electron chi connectivity index (χ1n) is 13.7. The smallest absolute Gasteiger partial charge is 0.322 e. The molecule has 3 N–H and O–H groups in total. The Morgan fingerprint density at radius 2 is 1.82 bits per heavy atom. The van der Waals surface area contributed by atoms with Crippen LogP contribution in [0.15, 0.2) is 42.5 Å². The number of halogens is 1. The van der Waals surface area contributed by atoms with Crippen LogP contribution in [0.25, 0.3) is 0 Å². The van der Waals surface area contributed by atoms with Crippen molar-refractivity contribution in [3.63, 3.8) is 0 Å². The fourth-order valence-corrected chi connectivity index (χ4v) is 5.67. The first kappa shape index (κ1) is 26.8. The number of ether oxygens (including phenoxy) is 2. The third-order valence-electron chi connectivity index (χ3n) is 7.67. The van der Waals surface area contributed by atoms with E-state index in [1.54, 1.807) is 35.2 Å². The van der Waals surface area contributed by atoms with E-state index in [4.69, 9.17) is 9.47 Å². The Hall–Kier alpha value is -3.82. The molecule has 0 unspecified atom stereocenters. The standard InChI is InChI=1S/C29H35FN4O5/c30-21-7-5-6-19(14-21)18-32-27(35)20-15-23-24(16-20)34(11-4-2-1-3-10-31-28(23)36)29(37)33-22-8-9-25-26(17-22)39-13-12-38-25/h5-9,14,17,20,23-24H,1-4,10-13,15-16,18H2,(H,31,36)(H,32,35)(H,33,37)/t20-,23-,24+/m1/s1. The molecule has 0 radical (unpaired) electrons. The van der Waals surface area contributed by atoms with Crippen molar-refractivity contribution in [1.82, 2.24) is 15.5 Å². The Kier molecular flexibility index (Phi) is 8.48. The topological polar surface area (TPSA) is 109 Å². The van der Waals surface area contributed by atoms with Crippen molar-refractivity contribution >= 4 is 23.5 Å². The van der Waals surface area contributed by atoms with Crippen LogP contribution in [0, 0.1) is 17.7 Å². The number of hydrogen-bond donors (Lipinski definition) is 3. The molecule has 2 aromatic carbocycles. The summed E-state index contributed by atoms with van der Waals surface area (Å²) in [6.45, 7) is 2.19. The number of rotatable bonds is 4. The van der Waals surface area contributed by atoms with Crippen LogP contribution in [0.2, 0.25) is 0 Å². The predicted molar refractivity (Wildman–Crippen MR) is 143 cm³/mol. The molecule has 10 heteroatoms. The summed E-state index contributed by atoms with van der Waals surface area (Å²) >= 11 is 0. The third kappa shape index (κ3) is 6.61. The number of fused-ring (bicyclic) bond motifs is 2. The third-order valence-corrected chi connectivity index (χ3v) is 7.67. The van der Waals surface area contributed by atoms with Crippen molar-refractivity contribution < 1.29 is 28.2 Å². The van der Waals surface area contributed by atoms with Gasteiger partial charge in [-0.3, -0.25) is 9.59 Å². The van der Waals surface area contributed by atoms with Gasteiger partial charge >= 0.3 is 6.03 Å². The normalized spacial score (nSPS) is 23.2. The second kappa shape index (κ2) is 12.4. The van der Waals surface area contributed by atoms with E-state index in [0.29, 0.717) is 61.9 Å². The molecular weight excluding hydrogens is 503 g/mol. The van der Waals surface area contributed by atoms with Gasteiger partial charge in [0.05, 0.1) is 5.92 Å². The minimum Gasteiger partial charge on any atom is -0.486 e. The van der Waals surface area contributed by atoms with Crippen LogP contribution in [0.4, 0.5) is 14.9 Å². The molecule has 2 aromatic rings. The number of anilines is 1. The zero-order valence-electron chi connectivity index (χ0n) is 21.9. The molecule has 9 nitrogen and oxygen atoms in total. The molecule has 0 aromatic heterocycles. The molecule has 208 valence electrons. The molecule has 2 fully saturated rings. The van der Waals surface area contributed by atoms with Gasteiger partial charge in [0.25, 0.3) is 0 Å². The molecule has 1 saturated carbocycles. The summed E-state index contributed by atoms with van der Waals surface area (Å²) in [6.07, 6.45) is 4.32. The van der Waals surface area contributed by atoms with Crippen LogP contribution in [0.3, 0.4) is 0 Å². The zero-order valence-corrected chi connectivity index (χ0v) is 21.9. The van der Waals surface area contributed by atoms with Gasteiger partial charge in [0.15, 0.2) is 11.5 Å². The summed E-state index contributed by atoms with van der Waals surface area (Å²) < 4.78 is 24.8. The van der Waals surface area contributed by atoms with Gasteiger partial charge in [0, 0.05) is 43.3 Å². The van der Waals surface area contributed by atoms with Crippen molar-refractivity contribution in [2.75, 3.05) is 31.6 Å². The van der Waals surface area contributed by atoms with E-state index in [1.807, 2.05) is 0 Å². The minimum absolute atomic E-state index is 0.126. The summed E-state index contributed by atoms with van der Waals surface area (Å²) in [6, 6.07) is 10.6. The van der Waals surface area contributed by atoms with E-state index < -0.39 is 17.9 Å². The number of carbonyl (C=O) groups excluding carboxylic acids is 3. The molecule has 2 heterocycles. The molecule has 4 amide bonds. The molecule has 1 saturated heterocycles. The van der Waals surface area contributed by atoms with Crippen molar-refractivity contribution in [1.29, 1.82) is 0 Å². The second-order valence-corrected chi connectivity index (χ2v) is 10.4. The SMILES string of the molecule is O=C(NCc1cccc(F)c1)[C@@H]1C[C@H]2C(=O)NCCCCCCN(C(=O)Nc3ccc4c(c3)OCCO4)[C@H]2C1. The van der Waals surface area contributed by atoms with Crippen LogP contribution in [0.1, 0.15) is 44.1 Å². The van der Waals surface area contributed by atoms with Crippen molar-refractivity contribution in [3.05, 3.63) is 53.8 Å². The molecule has 2 aliphatic heterocycles. The van der Waals surface area contributed by atoms with Gasteiger partial charge in [0.2, 0.25) is 11.8 Å². The summed E-state index contributed by atoms with van der Waals surface area (Å²) in [5.41, 5.74) is 1.23. The molecule has 3 atom stereocenters. The number of benzene rings is 2. The largest absolute Gasteiger partial charge is 0.486 e. The van der Waals surface area contributed by atoms with Crippen LogP contribution in [0.5, 0.6) is 11.5 Å². The fraction of sp³-hybridized carbons (Fsp3) is 0.483. The Balaban J connectivity index is 1.32. The van der Waals surface area contributed by atoms with Gasteiger partial charge in [-0.05, 0) is 55.5 Å². The summed E-state index contributed by atoms with van der Waals surface area (Å²) in [4.78, 5) is 41.7. The highest BCUT2D eigenvalue weighted by Crippen LogP contribution is 2.37. The maximum absolute atomic E-state index is 13.6. The molecular formula is C29H35FN4O5. The lowest BCUT2D eigenvalue weighted by molar-refractivity contribution is -0.126. The summed E-state index contributed by atoms with van der Waals surface area (Å²) in [5.74, 6) is -0.413. The Bertz CT molecular complexity index is 1210. The van der Waals surface area contributed by atoms with E-state index in [2.05, 4.69) is 16.0 Å². The van der Waals surface area contributed by atoms with Crippen LogP contribution in [-0.4, -0.2) is 55.1 Å². The fourth-order valence-electron chi connectivity index (χ4n) is 5.67. The Morgan fingerprint density at radius 3 is 2.67 bits per heavy atom. The highest BCUT2D eigenvalue weighted by atomic mass is 19.1. The van der Waals surface area contributed by atoms with E-state index in [1.165, 1.54) is 12.1 Å². The van der Waals surface area contributed by atoms with Gasteiger partial charge in [-0.15, -0.1) is 0 Å². The maximum atomic E-state index is 13.6. The average Bonchev–Trinajstić information content (AvgIpc) is 3.37. The lowest BCUT2D eigenvalue weighted by Gasteiger charge is -2.32. The molecule has 0 bridgehead atoms. The van der Waals surface area contributed by atoms with Gasteiger partial charge in [-0.25, -0.2) is 9.18 Å². The van der Waals surface area contributed by atoms with E-state index in [9.17, 15) is 18.8 Å². The average molecular weight is 539 g/mol. The highest BCUT2D eigenvalue weighted by molar-refractivity contribution is 5.91. The van der Waals surface area contributed by atoms with E-state index in [-0.39, 0.29) is 30.2 Å². The monoisotopic (exact) mass is 538 g/mol. The molecule has 0 spiro atoms. The van der Waals surface area contributed by atoms with Crippen LogP contribution < -0.4 is 25.4 Å². The van der Waals surface area contributed by atoms with Gasteiger partial charge in [-0.2, -0.15) is 0 Å². The number of hydrogen-bond acceptors (Lipinski definition) is 5. The van der Waals surface area contributed by atoms with Crippen LogP contribution >= 0.6 is 0 Å². The zero-order chi connectivity index (χ0) is 27.2. The van der Waals surface area contributed by atoms with Crippen molar-refractivity contribution in [3.8, 4) is 11.5 Å². The highest BCUT2D eigenvalue weighted by Gasteiger charge is 2.45. The quantitative estimate of drug-likeness (QED) is 0.548. The summed E-state index contributed by atoms with van der Waals surface area (Å²) in [7, 11) is 0. The maximum Gasteiger partial charge on any atom is 0.322 e. The Morgan fingerprint density at radius 1 is 1.00 bits per heavy atom. The first-order chi connectivity index (χ1) is 19.0. The van der Waals surface area contributed by atoms with Gasteiger partial charge in [0.1, 0.15) is 19.0 Å². The van der Waals surface area contributed by atoms with Gasteiger partial charge < -0.3 is 30.3 Å². The number of carbonyl (C=O) groups is 3. The van der Waals surface area contributed by atoms with E-state index >= 15 is 0 Å². The second-order valence-electron chi connectivity index (χ2n) is 10.4. The number of urea groups is 1. The molecule has 5 rings (SSSR count). The predicted octanol–water partition coefficient (Wildman–Crippen LogP) is 3.83. The lowest BCUT2D eigenvalue weighted by Crippen LogP contribution is -2.48. The lowest BCUT2D eigenvalue weighted by atomic mass is 10.0. The minimum atomic E-state index is -0.501. The summed E-state index contributed by atoms with van der Waals surface area (Å²) in [5, 5.41) is 8.88. The number of nitrogens with zero attached hydrogens (tertiary/aromatic N) is 1. The van der Waals surface area contributed by atoms with E-state index in [0.717, 1.165) is 25.7 Å². The molecule has 39 heavy (non-hydrogen) atoms. The number of nitrogens with one attached hydrogen (secondary N) is 3. The number of amides is 4. The Labute approximate surface area is 227 Å². The van der Waals surface area contributed by atoms with Crippen molar-refractivity contribution in [2.24, 2.45) is 11.8 Å². The molecule has 3 aliphatic rings. The van der Waals surface area contributed by atoms with Crippen LogP contribution in [-0.2, 0) is 16.1 Å². The molecule has 1 aliphatic carbocycles. The first-order valence-corrected chi connectivity index (χ1v) is 13.7. The van der Waals surface area contributed by atoms with Crippen molar-refractivity contribution in [2.45, 2.75) is 51.1 Å².